The van der Waals surface area contributed by atoms with Gasteiger partial charge in [0, 0.05) is 12.1 Å². The molecular formula is C12H22N2. The predicted octanol–water partition coefficient (Wildman–Crippen LogP) is 1.82. The average Bonchev–Trinajstić information content (AvgIpc) is 2.27. The molecule has 14 heavy (non-hydrogen) atoms. The molecule has 1 fully saturated rings. The van der Waals surface area contributed by atoms with Crippen LogP contribution >= 0.6 is 0 Å². The van der Waals surface area contributed by atoms with Crippen LogP contribution < -0.4 is 11.5 Å². The zero-order valence-electron chi connectivity index (χ0n) is 8.86. The standard InChI is InChI=1S/C12H22N2/c1-3-11(13)9-5-7-10(8-6-9)12(14)4-2/h3-4,9-12H,1-2,5-8,13-14H2. The van der Waals surface area contributed by atoms with Crippen molar-refractivity contribution in [3.8, 4) is 0 Å². The molecule has 1 aliphatic carbocycles. The van der Waals surface area contributed by atoms with Crippen LogP contribution in [0.25, 0.3) is 0 Å². The van der Waals surface area contributed by atoms with E-state index >= 15 is 0 Å². The van der Waals surface area contributed by atoms with Gasteiger partial charge in [-0.1, -0.05) is 12.2 Å². The number of rotatable bonds is 4. The van der Waals surface area contributed by atoms with Gasteiger partial charge < -0.3 is 11.5 Å². The Morgan fingerprint density at radius 2 is 1.14 bits per heavy atom. The van der Waals surface area contributed by atoms with Gasteiger partial charge in [-0.3, -0.25) is 0 Å². The maximum absolute atomic E-state index is 5.93. The highest BCUT2D eigenvalue weighted by Gasteiger charge is 2.26. The third kappa shape index (κ3) is 2.69. The van der Waals surface area contributed by atoms with Crippen molar-refractivity contribution in [2.24, 2.45) is 23.3 Å². The summed E-state index contributed by atoms with van der Waals surface area (Å²) in [6, 6.07) is 0.326. The van der Waals surface area contributed by atoms with E-state index < -0.39 is 0 Å². The molecule has 1 rings (SSSR count). The second kappa shape index (κ2) is 5.32. The molecule has 0 aliphatic heterocycles. The van der Waals surface area contributed by atoms with E-state index in [1.54, 1.807) is 0 Å². The molecule has 2 unspecified atom stereocenters. The fourth-order valence-corrected chi connectivity index (χ4v) is 2.30. The monoisotopic (exact) mass is 194 g/mol. The van der Waals surface area contributed by atoms with Crippen molar-refractivity contribution in [3.63, 3.8) is 0 Å². The van der Waals surface area contributed by atoms with Crippen LogP contribution in [0.5, 0.6) is 0 Å². The molecule has 1 aliphatic rings. The Bertz CT molecular complexity index is 170. The van der Waals surface area contributed by atoms with Crippen LogP contribution in [0, 0.1) is 11.8 Å². The molecule has 1 saturated carbocycles. The quantitative estimate of drug-likeness (QED) is 0.671. The minimum Gasteiger partial charge on any atom is -0.324 e. The molecule has 0 aromatic heterocycles. The van der Waals surface area contributed by atoms with Gasteiger partial charge >= 0.3 is 0 Å². The van der Waals surface area contributed by atoms with Gasteiger partial charge in [-0.05, 0) is 37.5 Å². The summed E-state index contributed by atoms with van der Waals surface area (Å²) >= 11 is 0. The van der Waals surface area contributed by atoms with Crippen molar-refractivity contribution >= 4 is 0 Å². The van der Waals surface area contributed by atoms with E-state index in [1.807, 2.05) is 12.2 Å². The SMILES string of the molecule is C=CC(N)C1CCC(C(N)C=C)CC1. The first kappa shape index (κ1) is 11.5. The Morgan fingerprint density at radius 3 is 1.36 bits per heavy atom. The summed E-state index contributed by atoms with van der Waals surface area (Å²) in [7, 11) is 0. The van der Waals surface area contributed by atoms with Crippen LogP contribution in [0.1, 0.15) is 25.7 Å². The minimum atomic E-state index is 0.163. The molecule has 0 saturated heterocycles. The van der Waals surface area contributed by atoms with Gasteiger partial charge in [0.2, 0.25) is 0 Å². The van der Waals surface area contributed by atoms with Gasteiger partial charge in [0.05, 0.1) is 0 Å². The Hall–Kier alpha value is -0.600. The third-order valence-corrected chi connectivity index (χ3v) is 3.45. The second-order valence-corrected chi connectivity index (χ2v) is 4.30. The Morgan fingerprint density at radius 1 is 0.857 bits per heavy atom. The van der Waals surface area contributed by atoms with E-state index in [1.165, 1.54) is 25.7 Å². The fraction of sp³-hybridized carbons (Fsp3) is 0.667. The molecule has 0 aromatic rings. The molecule has 0 amide bonds. The van der Waals surface area contributed by atoms with E-state index in [0.717, 1.165) is 0 Å². The first-order chi connectivity index (χ1) is 6.69. The van der Waals surface area contributed by atoms with Crippen LogP contribution in [0.15, 0.2) is 25.3 Å². The zero-order chi connectivity index (χ0) is 10.6. The first-order valence-electron chi connectivity index (χ1n) is 5.45. The number of hydrogen-bond donors (Lipinski definition) is 2. The second-order valence-electron chi connectivity index (χ2n) is 4.30. The predicted molar refractivity (Wildman–Crippen MR) is 61.8 cm³/mol. The molecule has 2 heteroatoms. The van der Waals surface area contributed by atoms with E-state index in [4.69, 9.17) is 11.5 Å². The molecule has 4 N–H and O–H groups in total. The summed E-state index contributed by atoms with van der Waals surface area (Å²) in [5.74, 6) is 1.22. The third-order valence-electron chi connectivity index (χ3n) is 3.45. The molecule has 2 nitrogen and oxygen atoms in total. The van der Waals surface area contributed by atoms with Gasteiger partial charge in [0.15, 0.2) is 0 Å². The summed E-state index contributed by atoms with van der Waals surface area (Å²) in [4.78, 5) is 0. The summed E-state index contributed by atoms with van der Waals surface area (Å²) in [5.41, 5.74) is 11.9. The summed E-state index contributed by atoms with van der Waals surface area (Å²) in [6.45, 7) is 7.48. The van der Waals surface area contributed by atoms with E-state index in [2.05, 4.69) is 13.2 Å². The molecular weight excluding hydrogens is 172 g/mol. The molecule has 0 spiro atoms. The van der Waals surface area contributed by atoms with Crippen LogP contribution in [-0.2, 0) is 0 Å². The minimum absolute atomic E-state index is 0.163. The van der Waals surface area contributed by atoms with Crippen LogP contribution in [0.2, 0.25) is 0 Å². The van der Waals surface area contributed by atoms with Gasteiger partial charge in [0.1, 0.15) is 0 Å². The lowest BCUT2D eigenvalue weighted by molar-refractivity contribution is 0.246. The lowest BCUT2D eigenvalue weighted by Crippen LogP contribution is -2.36. The smallest absolute Gasteiger partial charge is 0.0249 e. The maximum atomic E-state index is 5.93. The summed E-state index contributed by atoms with van der Waals surface area (Å²) < 4.78 is 0. The molecule has 80 valence electrons. The maximum Gasteiger partial charge on any atom is 0.0249 e. The zero-order valence-corrected chi connectivity index (χ0v) is 8.86. The lowest BCUT2D eigenvalue weighted by atomic mass is 9.76. The summed E-state index contributed by atoms with van der Waals surface area (Å²) in [6.07, 6.45) is 8.44. The first-order valence-corrected chi connectivity index (χ1v) is 5.45. The van der Waals surface area contributed by atoms with Crippen LogP contribution in [-0.4, -0.2) is 12.1 Å². The topological polar surface area (TPSA) is 52.0 Å². The van der Waals surface area contributed by atoms with Crippen LogP contribution in [0.3, 0.4) is 0 Å². The number of hydrogen-bond acceptors (Lipinski definition) is 2. The average molecular weight is 194 g/mol. The largest absolute Gasteiger partial charge is 0.324 e. The number of nitrogens with two attached hydrogens (primary N) is 2. The highest BCUT2D eigenvalue weighted by Crippen LogP contribution is 2.32. The van der Waals surface area contributed by atoms with Crippen molar-refractivity contribution < 1.29 is 0 Å². The highest BCUT2D eigenvalue weighted by atomic mass is 14.7. The van der Waals surface area contributed by atoms with Crippen molar-refractivity contribution in [1.82, 2.24) is 0 Å². The van der Waals surface area contributed by atoms with Gasteiger partial charge in [0.25, 0.3) is 0 Å². The highest BCUT2D eigenvalue weighted by molar-refractivity contribution is 4.95. The molecule has 2 atom stereocenters. The lowest BCUT2D eigenvalue weighted by Gasteiger charge is -2.32. The van der Waals surface area contributed by atoms with Gasteiger partial charge in [-0.15, -0.1) is 13.2 Å². The molecule has 0 bridgehead atoms. The Kier molecular flexibility index (Phi) is 4.36. The van der Waals surface area contributed by atoms with Gasteiger partial charge in [-0.2, -0.15) is 0 Å². The van der Waals surface area contributed by atoms with Crippen molar-refractivity contribution in [2.75, 3.05) is 0 Å². The Balaban J connectivity index is 2.38. The summed E-state index contributed by atoms with van der Waals surface area (Å²) in [5, 5.41) is 0. The molecule has 0 radical (unpaired) electrons. The fourth-order valence-electron chi connectivity index (χ4n) is 2.30. The van der Waals surface area contributed by atoms with Crippen molar-refractivity contribution in [3.05, 3.63) is 25.3 Å². The van der Waals surface area contributed by atoms with Gasteiger partial charge in [-0.25, -0.2) is 0 Å². The molecule has 0 heterocycles. The molecule has 0 aromatic carbocycles. The van der Waals surface area contributed by atoms with E-state index in [-0.39, 0.29) is 12.1 Å². The van der Waals surface area contributed by atoms with Crippen LogP contribution in [0.4, 0.5) is 0 Å². The Labute approximate surface area is 87.0 Å². The van der Waals surface area contributed by atoms with Crippen molar-refractivity contribution in [2.45, 2.75) is 37.8 Å². The van der Waals surface area contributed by atoms with E-state index in [0.29, 0.717) is 11.8 Å². The van der Waals surface area contributed by atoms with Crippen molar-refractivity contribution in [1.29, 1.82) is 0 Å². The normalized spacial score (nSPS) is 31.9. The van der Waals surface area contributed by atoms with E-state index in [9.17, 15) is 0 Å².